The van der Waals surface area contributed by atoms with Crippen LogP contribution in [0.25, 0.3) is 0 Å². The third-order valence-corrected chi connectivity index (χ3v) is 4.40. The van der Waals surface area contributed by atoms with Crippen LogP contribution in [0, 0.1) is 0 Å². The normalized spacial score (nSPS) is 23.9. The van der Waals surface area contributed by atoms with Crippen molar-refractivity contribution in [1.82, 2.24) is 4.98 Å². The number of aryl methyl sites for hydroxylation is 1. The van der Waals surface area contributed by atoms with E-state index in [0.717, 1.165) is 19.3 Å². The molecular weight excluding hydrogens is 224 g/mol. The van der Waals surface area contributed by atoms with Gasteiger partial charge in [-0.3, -0.25) is 0 Å². The number of primary amides is 1. The lowest BCUT2D eigenvalue weighted by atomic mass is 10.0. The third kappa shape index (κ3) is 1.91. The summed E-state index contributed by atoms with van der Waals surface area (Å²) in [5, 5.41) is 1.28. The van der Waals surface area contributed by atoms with E-state index < -0.39 is 6.09 Å². The monoisotopic (exact) mass is 238 g/mol. The third-order valence-electron chi connectivity index (χ3n) is 3.12. The van der Waals surface area contributed by atoms with E-state index in [9.17, 15) is 4.79 Å². The Balaban J connectivity index is 1.74. The summed E-state index contributed by atoms with van der Waals surface area (Å²) in [6.07, 6.45) is 4.42. The van der Waals surface area contributed by atoms with Crippen molar-refractivity contribution < 1.29 is 9.53 Å². The number of carbonyl (C=O) groups excluding carboxylic acids is 1. The zero-order valence-corrected chi connectivity index (χ0v) is 9.76. The highest BCUT2D eigenvalue weighted by molar-refractivity contribution is 7.11. The lowest BCUT2D eigenvalue weighted by Gasteiger charge is -2.20. The molecule has 2 N–H and O–H groups in total. The van der Waals surface area contributed by atoms with Crippen molar-refractivity contribution in [2.24, 2.45) is 5.73 Å². The molecule has 2 aliphatic carbocycles. The highest BCUT2D eigenvalue weighted by Crippen LogP contribution is 2.43. The number of hydrogen-bond acceptors (Lipinski definition) is 4. The summed E-state index contributed by atoms with van der Waals surface area (Å²) in [5.74, 6) is 0.714. The van der Waals surface area contributed by atoms with E-state index >= 15 is 0 Å². The molecule has 2 aliphatic rings. The van der Waals surface area contributed by atoms with Crippen LogP contribution in [-0.2, 0) is 17.6 Å². The molecule has 0 radical (unpaired) electrons. The van der Waals surface area contributed by atoms with Gasteiger partial charge in [-0.05, 0) is 25.7 Å². The van der Waals surface area contributed by atoms with Gasteiger partial charge >= 0.3 is 6.09 Å². The number of rotatable bonds is 2. The van der Waals surface area contributed by atoms with Gasteiger partial charge in [-0.25, -0.2) is 9.78 Å². The molecular formula is C11H14N2O2S. The molecule has 0 spiro atoms. The van der Waals surface area contributed by atoms with Crippen molar-refractivity contribution in [1.29, 1.82) is 0 Å². The maximum Gasteiger partial charge on any atom is 0.404 e. The quantitative estimate of drug-likeness (QED) is 0.856. The summed E-state index contributed by atoms with van der Waals surface area (Å²) in [5.41, 5.74) is 6.25. The van der Waals surface area contributed by atoms with Gasteiger partial charge in [0.15, 0.2) is 0 Å². The first-order valence-corrected chi connectivity index (χ1v) is 6.48. The zero-order valence-electron chi connectivity index (χ0n) is 8.94. The minimum Gasteiger partial charge on any atom is -0.446 e. The molecule has 1 aromatic heterocycles. The van der Waals surface area contributed by atoms with Crippen LogP contribution in [-0.4, -0.2) is 17.2 Å². The van der Waals surface area contributed by atoms with Gasteiger partial charge in [-0.1, -0.05) is 0 Å². The Morgan fingerprint density at radius 3 is 2.94 bits per heavy atom. The van der Waals surface area contributed by atoms with Crippen molar-refractivity contribution in [3.8, 4) is 0 Å². The Kier molecular flexibility index (Phi) is 2.35. The number of carbonyl (C=O) groups is 1. The maximum atomic E-state index is 10.7. The van der Waals surface area contributed by atoms with Gasteiger partial charge in [0, 0.05) is 17.2 Å². The molecule has 0 unspecified atom stereocenters. The van der Waals surface area contributed by atoms with E-state index in [-0.39, 0.29) is 6.10 Å². The van der Waals surface area contributed by atoms with Crippen LogP contribution in [0.5, 0.6) is 0 Å². The second-order valence-electron chi connectivity index (χ2n) is 4.50. The molecule has 16 heavy (non-hydrogen) atoms. The summed E-state index contributed by atoms with van der Waals surface area (Å²) >= 11 is 1.79. The highest BCUT2D eigenvalue weighted by atomic mass is 32.1. The van der Waals surface area contributed by atoms with Crippen molar-refractivity contribution in [3.63, 3.8) is 0 Å². The molecule has 0 aliphatic heterocycles. The topological polar surface area (TPSA) is 65.2 Å². The summed E-state index contributed by atoms with van der Waals surface area (Å²) in [7, 11) is 0. The Bertz CT molecular complexity index is 426. The van der Waals surface area contributed by atoms with Gasteiger partial charge in [0.25, 0.3) is 0 Å². The van der Waals surface area contributed by atoms with Crippen molar-refractivity contribution in [2.45, 2.75) is 44.1 Å². The van der Waals surface area contributed by atoms with Crippen molar-refractivity contribution >= 4 is 17.4 Å². The van der Waals surface area contributed by atoms with Gasteiger partial charge in [0.2, 0.25) is 0 Å². The Morgan fingerprint density at radius 2 is 2.25 bits per heavy atom. The number of aromatic nitrogens is 1. The minimum absolute atomic E-state index is 0.0440. The predicted octanol–water partition coefficient (Wildman–Crippen LogP) is 1.97. The molecule has 0 aromatic carbocycles. The molecule has 1 aromatic rings. The number of hydrogen-bond donors (Lipinski definition) is 1. The van der Waals surface area contributed by atoms with Crippen LogP contribution in [0.3, 0.4) is 0 Å². The predicted molar refractivity (Wildman–Crippen MR) is 60.6 cm³/mol. The van der Waals surface area contributed by atoms with Gasteiger partial charge in [-0.15, -0.1) is 11.3 Å². The number of nitrogens with two attached hydrogens (primary N) is 1. The molecule has 1 atom stereocenters. The second kappa shape index (κ2) is 3.73. The number of fused-ring (bicyclic) bond motifs is 1. The largest absolute Gasteiger partial charge is 0.446 e. The minimum atomic E-state index is -0.666. The van der Waals surface area contributed by atoms with Gasteiger partial charge < -0.3 is 10.5 Å². The summed E-state index contributed by atoms with van der Waals surface area (Å²) < 4.78 is 5.05. The summed E-state index contributed by atoms with van der Waals surface area (Å²) in [4.78, 5) is 16.7. The number of ether oxygens (including phenoxy) is 1. The molecule has 1 saturated carbocycles. The van der Waals surface area contributed by atoms with Gasteiger partial charge in [0.05, 0.1) is 10.7 Å². The fourth-order valence-corrected chi connectivity index (χ4v) is 3.48. The average Bonchev–Trinajstić information content (AvgIpc) is 2.98. The average molecular weight is 238 g/mol. The molecule has 1 fully saturated rings. The van der Waals surface area contributed by atoms with Crippen LogP contribution in [0.2, 0.25) is 0 Å². The first-order chi connectivity index (χ1) is 7.72. The van der Waals surface area contributed by atoms with Gasteiger partial charge in [0.1, 0.15) is 6.10 Å². The molecule has 3 rings (SSSR count). The zero-order chi connectivity index (χ0) is 11.1. The summed E-state index contributed by atoms with van der Waals surface area (Å²) in [6, 6.07) is 0. The SMILES string of the molecule is NC(=O)O[C@H]1CCc2nc(C3CC3)sc2C1. The van der Waals surface area contributed by atoms with Crippen LogP contribution in [0.1, 0.15) is 40.8 Å². The smallest absolute Gasteiger partial charge is 0.404 e. The molecule has 4 nitrogen and oxygen atoms in total. The van der Waals surface area contributed by atoms with Crippen molar-refractivity contribution in [2.75, 3.05) is 0 Å². The molecule has 1 amide bonds. The first-order valence-electron chi connectivity index (χ1n) is 5.67. The number of thiazole rings is 1. The van der Waals surface area contributed by atoms with E-state index in [2.05, 4.69) is 4.98 Å². The lowest BCUT2D eigenvalue weighted by molar-refractivity contribution is 0.0983. The van der Waals surface area contributed by atoms with E-state index in [0.29, 0.717) is 5.92 Å². The van der Waals surface area contributed by atoms with Crippen molar-refractivity contribution in [3.05, 3.63) is 15.6 Å². The van der Waals surface area contributed by atoms with Crippen LogP contribution < -0.4 is 5.73 Å². The fraction of sp³-hybridized carbons (Fsp3) is 0.636. The number of amides is 1. The van der Waals surface area contributed by atoms with Crippen LogP contribution in [0.4, 0.5) is 4.79 Å². The van der Waals surface area contributed by atoms with Crippen LogP contribution in [0.15, 0.2) is 0 Å². The molecule has 86 valence electrons. The Hall–Kier alpha value is -1.10. The first kappa shape index (κ1) is 10.1. The Morgan fingerprint density at radius 1 is 1.44 bits per heavy atom. The van der Waals surface area contributed by atoms with E-state index in [4.69, 9.17) is 10.5 Å². The van der Waals surface area contributed by atoms with E-state index in [1.165, 1.54) is 28.4 Å². The summed E-state index contributed by atoms with van der Waals surface area (Å²) in [6.45, 7) is 0. The van der Waals surface area contributed by atoms with E-state index in [1.54, 1.807) is 11.3 Å². The molecule has 1 heterocycles. The molecule has 0 saturated heterocycles. The van der Waals surface area contributed by atoms with Gasteiger partial charge in [-0.2, -0.15) is 0 Å². The Labute approximate surface area is 97.8 Å². The highest BCUT2D eigenvalue weighted by Gasteiger charge is 2.31. The maximum absolute atomic E-state index is 10.7. The number of nitrogens with zero attached hydrogens (tertiary/aromatic N) is 1. The molecule has 0 bridgehead atoms. The second-order valence-corrected chi connectivity index (χ2v) is 5.61. The standard InChI is InChI=1S/C11H14N2O2S/c12-11(14)15-7-3-4-8-9(5-7)16-10(13-8)6-1-2-6/h6-7H,1-5H2,(H2,12,14)/t7-/m0/s1. The van der Waals surface area contributed by atoms with Crippen LogP contribution >= 0.6 is 11.3 Å². The molecule has 5 heteroatoms. The van der Waals surface area contributed by atoms with E-state index in [1.807, 2.05) is 0 Å². The lowest BCUT2D eigenvalue weighted by Crippen LogP contribution is -2.27. The fourth-order valence-electron chi connectivity index (χ4n) is 2.13.